The third-order valence-corrected chi connectivity index (χ3v) is 6.83. The summed E-state index contributed by atoms with van der Waals surface area (Å²) in [5, 5.41) is 89.8. The Balaban J connectivity index is 1.45. The van der Waals surface area contributed by atoms with Crippen molar-refractivity contribution in [2.24, 2.45) is 0 Å². The van der Waals surface area contributed by atoms with Crippen molar-refractivity contribution in [3.63, 3.8) is 0 Å². The van der Waals surface area contributed by atoms with Gasteiger partial charge in [-0.1, -0.05) is 0 Å². The molecule has 9 N–H and O–H groups in total. The van der Waals surface area contributed by atoms with E-state index in [1.807, 2.05) is 0 Å². The zero-order valence-corrected chi connectivity index (χ0v) is 21.0. The number of hydrogen-bond donors (Lipinski definition) is 9. The average molecular weight is 580 g/mol. The lowest BCUT2D eigenvalue weighted by atomic mass is 9.99. The summed E-state index contributed by atoms with van der Waals surface area (Å²) in [4.78, 5) is 12.9. The first-order valence-corrected chi connectivity index (χ1v) is 12.4. The van der Waals surface area contributed by atoms with E-state index in [4.69, 9.17) is 23.4 Å². The zero-order valence-electron chi connectivity index (χ0n) is 21.0. The lowest BCUT2D eigenvalue weighted by molar-refractivity contribution is -0.277. The maximum Gasteiger partial charge on any atom is 0.229 e. The summed E-state index contributed by atoms with van der Waals surface area (Å²) in [6.07, 6.45) is -13.8. The van der Waals surface area contributed by atoms with Crippen LogP contribution in [0.4, 0.5) is 0 Å². The van der Waals surface area contributed by atoms with Gasteiger partial charge in [0.05, 0.1) is 13.2 Å². The molecule has 15 nitrogen and oxygen atoms in total. The normalized spacial score (nSPS) is 32.1. The molecule has 5 rings (SSSR count). The van der Waals surface area contributed by atoms with Gasteiger partial charge in [-0.3, -0.25) is 4.79 Å². The molecule has 41 heavy (non-hydrogen) atoms. The minimum absolute atomic E-state index is 0.0442. The Morgan fingerprint density at radius 1 is 0.805 bits per heavy atom. The Kier molecular flexibility index (Phi) is 8.06. The first kappa shape index (κ1) is 29.0. The molecule has 2 aliphatic rings. The maximum absolute atomic E-state index is 12.9. The summed E-state index contributed by atoms with van der Waals surface area (Å²) in [6.45, 7) is -1.02. The molecule has 2 saturated heterocycles. The topological polar surface area (TPSA) is 249 Å². The van der Waals surface area contributed by atoms with Gasteiger partial charge in [0.15, 0.2) is 16.9 Å². The van der Waals surface area contributed by atoms with E-state index in [-0.39, 0.29) is 46.1 Å². The fourth-order valence-corrected chi connectivity index (χ4v) is 4.52. The molecule has 0 spiro atoms. The van der Waals surface area contributed by atoms with E-state index in [1.165, 1.54) is 24.3 Å². The summed E-state index contributed by atoms with van der Waals surface area (Å²) in [5.41, 5.74) is -0.606. The van der Waals surface area contributed by atoms with E-state index < -0.39 is 73.1 Å². The van der Waals surface area contributed by atoms with Crippen LogP contribution in [-0.2, 0) is 9.47 Å². The average Bonchev–Trinajstić information content (AvgIpc) is 2.94. The number of hydrogen-bond acceptors (Lipinski definition) is 15. The van der Waals surface area contributed by atoms with Gasteiger partial charge in [0.25, 0.3) is 0 Å². The number of aromatic hydroxyl groups is 2. The number of benzene rings is 2. The van der Waals surface area contributed by atoms with Gasteiger partial charge in [-0.25, -0.2) is 0 Å². The van der Waals surface area contributed by atoms with Crippen LogP contribution in [0.5, 0.6) is 23.0 Å². The van der Waals surface area contributed by atoms with Crippen LogP contribution in [0.25, 0.3) is 22.3 Å². The van der Waals surface area contributed by atoms with Gasteiger partial charge in [-0.2, -0.15) is 0 Å². The lowest BCUT2D eigenvalue weighted by Crippen LogP contribution is -2.60. The van der Waals surface area contributed by atoms with Crippen LogP contribution in [0.2, 0.25) is 0 Å². The summed E-state index contributed by atoms with van der Waals surface area (Å²) in [6, 6.07) is 7.19. The van der Waals surface area contributed by atoms with E-state index in [9.17, 15) is 50.8 Å². The number of rotatable bonds is 6. The molecule has 0 radical (unpaired) electrons. The Hall–Kier alpha value is -3.51. The SMILES string of the molecule is O=c1cc(-c2ccc(O)c(O[C@@H]3OC[C@H](O)[C@H](O)[C@@H]3O)c2)oc2cc(O[C@H]3O[C@@H](CO)[C@H](O)[C@H](O)[C@@H]3O)cc(O)c12. The smallest absolute Gasteiger partial charge is 0.229 e. The second-order valence-electron chi connectivity index (χ2n) is 9.66. The molecule has 0 amide bonds. The Labute approximate surface area is 230 Å². The molecule has 0 aliphatic carbocycles. The van der Waals surface area contributed by atoms with Crippen LogP contribution in [0.15, 0.2) is 45.6 Å². The highest BCUT2D eigenvalue weighted by atomic mass is 16.7. The molecular formula is C26H28O15. The maximum atomic E-state index is 12.9. The molecule has 0 bridgehead atoms. The van der Waals surface area contributed by atoms with Crippen LogP contribution in [0, 0.1) is 0 Å². The minimum atomic E-state index is -1.73. The quantitative estimate of drug-likeness (QED) is 0.151. The molecule has 0 unspecified atom stereocenters. The predicted octanol–water partition coefficient (Wildman–Crippen LogP) is -2.13. The van der Waals surface area contributed by atoms with Gasteiger partial charge in [-0.15, -0.1) is 0 Å². The molecule has 3 heterocycles. The fourth-order valence-electron chi connectivity index (χ4n) is 4.52. The molecule has 2 aromatic carbocycles. The number of aliphatic hydroxyl groups excluding tert-OH is 7. The number of phenolic OH excluding ortho intramolecular Hbond substituents is 2. The zero-order chi connectivity index (χ0) is 29.6. The van der Waals surface area contributed by atoms with Crippen molar-refractivity contribution in [3.05, 3.63) is 46.6 Å². The summed E-state index contributed by atoms with van der Waals surface area (Å²) < 4.78 is 27.4. The van der Waals surface area contributed by atoms with Crippen LogP contribution in [-0.4, -0.2) is 114 Å². The molecule has 2 fully saturated rings. The van der Waals surface area contributed by atoms with Gasteiger partial charge in [-0.05, 0) is 18.2 Å². The van der Waals surface area contributed by atoms with Gasteiger partial charge >= 0.3 is 0 Å². The van der Waals surface area contributed by atoms with Crippen molar-refractivity contribution in [2.45, 2.75) is 55.3 Å². The number of phenols is 2. The van der Waals surface area contributed by atoms with Crippen molar-refractivity contribution in [3.8, 4) is 34.3 Å². The summed E-state index contributed by atoms with van der Waals surface area (Å²) in [7, 11) is 0. The van der Waals surface area contributed by atoms with Crippen molar-refractivity contribution < 1.29 is 69.3 Å². The first-order valence-electron chi connectivity index (χ1n) is 12.4. The molecule has 15 heteroatoms. The third-order valence-electron chi connectivity index (χ3n) is 6.83. The molecule has 9 atom stereocenters. The lowest BCUT2D eigenvalue weighted by Gasteiger charge is -2.39. The molecule has 1 aromatic heterocycles. The van der Waals surface area contributed by atoms with Crippen molar-refractivity contribution in [1.29, 1.82) is 0 Å². The van der Waals surface area contributed by atoms with Gasteiger partial charge < -0.3 is 69.3 Å². The molecule has 2 aliphatic heterocycles. The second-order valence-corrected chi connectivity index (χ2v) is 9.66. The van der Waals surface area contributed by atoms with E-state index in [0.29, 0.717) is 0 Å². The number of fused-ring (bicyclic) bond motifs is 1. The highest BCUT2D eigenvalue weighted by molar-refractivity contribution is 5.86. The number of aliphatic hydroxyl groups is 7. The third kappa shape index (κ3) is 5.54. The first-order chi connectivity index (χ1) is 19.5. The highest BCUT2D eigenvalue weighted by Crippen LogP contribution is 2.36. The van der Waals surface area contributed by atoms with Gasteiger partial charge in [0.2, 0.25) is 12.6 Å². The fraction of sp³-hybridized carbons (Fsp3) is 0.423. The van der Waals surface area contributed by atoms with E-state index >= 15 is 0 Å². The van der Waals surface area contributed by atoms with Crippen LogP contribution >= 0.6 is 0 Å². The molecule has 3 aromatic rings. The predicted molar refractivity (Wildman–Crippen MR) is 134 cm³/mol. The highest BCUT2D eigenvalue weighted by Gasteiger charge is 2.45. The van der Waals surface area contributed by atoms with Crippen LogP contribution in [0.3, 0.4) is 0 Å². The second kappa shape index (κ2) is 11.4. The Morgan fingerprint density at radius 2 is 1.54 bits per heavy atom. The summed E-state index contributed by atoms with van der Waals surface area (Å²) in [5.74, 6) is -1.32. The van der Waals surface area contributed by atoms with Crippen LogP contribution in [0.1, 0.15) is 0 Å². The van der Waals surface area contributed by atoms with E-state index in [1.54, 1.807) is 0 Å². The summed E-state index contributed by atoms with van der Waals surface area (Å²) >= 11 is 0. The van der Waals surface area contributed by atoms with Gasteiger partial charge in [0, 0.05) is 23.8 Å². The molecule has 0 saturated carbocycles. The van der Waals surface area contributed by atoms with Crippen molar-refractivity contribution in [1.82, 2.24) is 0 Å². The van der Waals surface area contributed by atoms with E-state index in [0.717, 1.165) is 12.1 Å². The number of ether oxygens (including phenoxy) is 4. The van der Waals surface area contributed by atoms with Crippen LogP contribution < -0.4 is 14.9 Å². The standard InChI is InChI=1S/C26H28O15/c27-7-18-21(33)22(34)24(36)26(41-18)38-10-4-12(29)19-13(30)6-15(39-17(19)5-10)9-1-2-11(28)16(3-9)40-25-23(35)20(32)14(31)8-37-25/h1-6,14,18,20-29,31-36H,7-8H2/t14-,18-,20-,21-,22-,23-,24-,25-,26-/m0/s1. The van der Waals surface area contributed by atoms with Gasteiger partial charge in [0.1, 0.15) is 71.0 Å². The Bertz CT molecular complexity index is 1450. The van der Waals surface area contributed by atoms with Crippen molar-refractivity contribution in [2.75, 3.05) is 13.2 Å². The van der Waals surface area contributed by atoms with Crippen molar-refractivity contribution >= 4 is 11.0 Å². The van der Waals surface area contributed by atoms with E-state index in [2.05, 4.69) is 0 Å². The Morgan fingerprint density at radius 3 is 2.27 bits per heavy atom. The minimum Gasteiger partial charge on any atom is -0.507 e. The monoisotopic (exact) mass is 580 g/mol. The molecular weight excluding hydrogens is 552 g/mol. The largest absolute Gasteiger partial charge is 0.507 e. The molecule has 222 valence electrons.